The molecule has 1 aromatic rings. The Hall–Kier alpha value is -0.870. The number of nitrogens with one attached hydrogen (secondary N) is 1. The molecule has 1 atom stereocenters. The third kappa shape index (κ3) is 2.28. The smallest absolute Gasteiger partial charge is 0.264 e. The Morgan fingerprint density at radius 1 is 1.62 bits per heavy atom. The molecule has 0 unspecified atom stereocenters. The lowest BCUT2D eigenvalue weighted by Gasteiger charge is -2.31. The molecule has 2 rings (SSSR count). The van der Waals surface area contributed by atoms with Crippen molar-refractivity contribution in [1.82, 2.24) is 10.2 Å². The minimum absolute atomic E-state index is 0.168. The van der Waals surface area contributed by atoms with Gasteiger partial charge < -0.3 is 10.2 Å². The number of rotatable bonds is 2. The standard InChI is InChI=1S/C12H18N2OS/c1-9-5-7-16-11(9)12(15)14(2)10-4-3-6-13-8-10/h5,7,10,13H,3-4,6,8H2,1-2H3/t10-/m0/s1. The first-order valence-corrected chi connectivity index (χ1v) is 6.60. The average Bonchev–Trinajstić information content (AvgIpc) is 2.75. The number of thiophene rings is 1. The molecule has 1 aliphatic heterocycles. The van der Waals surface area contributed by atoms with Gasteiger partial charge in [-0.2, -0.15) is 0 Å². The zero-order valence-electron chi connectivity index (χ0n) is 9.82. The Balaban J connectivity index is 2.06. The van der Waals surface area contributed by atoms with Gasteiger partial charge >= 0.3 is 0 Å². The number of carbonyl (C=O) groups is 1. The number of hydrogen-bond donors (Lipinski definition) is 1. The lowest BCUT2D eigenvalue weighted by Crippen LogP contribution is -2.46. The van der Waals surface area contributed by atoms with Crippen molar-refractivity contribution >= 4 is 17.2 Å². The van der Waals surface area contributed by atoms with E-state index in [0.29, 0.717) is 6.04 Å². The molecule has 0 aliphatic carbocycles. The fraction of sp³-hybridized carbons (Fsp3) is 0.583. The van der Waals surface area contributed by atoms with Crippen LogP contribution in [0.4, 0.5) is 0 Å². The number of amides is 1. The van der Waals surface area contributed by atoms with Crippen molar-refractivity contribution in [3.05, 3.63) is 21.9 Å². The monoisotopic (exact) mass is 238 g/mol. The second-order valence-electron chi connectivity index (χ2n) is 4.35. The van der Waals surface area contributed by atoms with Crippen LogP contribution in [0.5, 0.6) is 0 Å². The molecule has 1 aliphatic rings. The summed E-state index contributed by atoms with van der Waals surface area (Å²) in [5.74, 6) is 0.168. The SMILES string of the molecule is Cc1ccsc1C(=O)N(C)[C@H]1CCCNC1. The van der Waals surface area contributed by atoms with E-state index in [9.17, 15) is 4.79 Å². The molecule has 1 aromatic heterocycles. The highest BCUT2D eigenvalue weighted by atomic mass is 32.1. The van der Waals surface area contributed by atoms with Gasteiger partial charge in [0.15, 0.2) is 0 Å². The van der Waals surface area contributed by atoms with Crippen LogP contribution < -0.4 is 5.32 Å². The topological polar surface area (TPSA) is 32.3 Å². The Morgan fingerprint density at radius 2 is 2.44 bits per heavy atom. The number of nitrogens with zero attached hydrogens (tertiary/aromatic N) is 1. The predicted octanol–water partition coefficient (Wildman–Crippen LogP) is 1.88. The maximum Gasteiger partial charge on any atom is 0.264 e. The maximum atomic E-state index is 12.2. The lowest BCUT2D eigenvalue weighted by molar-refractivity contribution is 0.0712. The summed E-state index contributed by atoms with van der Waals surface area (Å²) >= 11 is 1.54. The highest BCUT2D eigenvalue weighted by Gasteiger charge is 2.24. The molecular weight excluding hydrogens is 220 g/mol. The van der Waals surface area contributed by atoms with E-state index >= 15 is 0 Å². The summed E-state index contributed by atoms with van der Waals surface area (Å²) in [5, 5.41) is 5.32. The summed E-state index contributed by atoms with van der Waals surface area (Å²) in [5.41, 5.74) is 1.09. The third-order valence-corrected chi connectivity index (χ3v) is 4.20. The Labute approximate surface area is 100 Å². The Kier molecular flexibility index (Phi) is 3.61. The summed E-state index contributed by atoms with van der Waals surface area (Å²) in [6.45, 7) is 4.00. The minimum Gasteiger partial charge on any atom is -0.337 e. The minimum atomic E-state index is 0.168. The van der Waals surface area contributed by atoms with E-state index in [1.165, 1.54) is 11.3 Å². The quantitative estimate of drug-likeness (QED) is 0.853. The van der Waals surface area contributed by atoms with Crippen LogP contribution in [0.3, 0.4) is 0 Å². The van der Waals surface area contributed by atoms with E-state index in [1.54, 1.807) is 0 Å². The Morgan fingerprint density at radius 3 is 3.00 bits per heavy atom. The molecule has 2 heterocycles. The van der Waals surface area contributed by atoms with Crippen molar-refractivity contribution < 1.29 is 4.79 Å². The zero-order valence-corrected chi connectivity index (χ0v) is 10.6. The highest BCUT2D eigenvalue weighted by molar-refractivity contribution is 7.12. The van der Waals surface area contributed by atoms with Crippen LogP contribution in [0.15, 0.2) is 11.4 Å². The molecule has 0 aromatic carbocycles. The Bertz CT molecular complexity index is 369. The normalized spacial score (nSPS) is 20.8. The molecule has 4 heteroatoms. The fourth-order valence-electron chi connectivity index (χ4n) is 2.08. The van der Waals surface area contributed by atoms with E-state index < -0.39 is 0 Å². The lowest BCUT2D eigenvalue weighted by atomic mass is 10.1. The first-order valence-electron chi connectivity index (χ1n) is 5.72. The molecule has 0 bridgehead atoms. The zero-order chi connectivity index (χ0) is 11.5. The number of piperidine rings is 1. The van der Waals surface area contributed by atoms with Crippen LogP contribution in [-0.4, -0.2) is 37.0 Å². The molecule has 1 saturated heterocycles. The van der Waals surface area contributed by atoms with E-state index in [2.05, 4.69) is 5.32 Å². The second-order valence-corrected chi connectivity index (χ2v) is 5.27. The third-order valence-electron chi connectivity index (χ3n) is 3.20. The van der Waals surface area contributed by atoms with Crippen molar-refractivity contribution in [3.63, 3.8) is 0 Å². The molecule has 1 amide bonds. The van der Waals surface area contributed by atoms with E-state index in [4.69, 9.17) is 0 Å². The molecule has 0 saturated carbocycles. The highest BCUT2D eigenvalue weighted by Crippen LogP contribution is 2.19. The van der Waals surface area contributed by atoms with Gasteiger partial charge in [-0.3, -0.25) is 4.79 Å². The molecule has 16 heavy (non-hydrogen) atoms. The summed E-state index contributed by atoms with van der Waals surface area (Å²) in [7, 11) is 1.92. The molecule has 88 valence electrons. The van der Waals surface area contributed by atoms with Gasteiger partial charge in [-0.05, 0) is 43.3 Å². The van der Waals surface area contributed by atoms with Crippen molar-refractivity contribution in [3.8, 4) is 0 Å². The van der Waals surface area contributed by atoms with Gasteiger partial charge in [0.05, 0.1) is 4.88 Å². The van der Waals surface area contributed by atoms with E-state index in [-0.39, 0.29) is 5.91 Å². The van der Waals surface area contributed by atoms with E-state index in [0.717, 1.165) is 36.4 Å². The summed E-state index contributed by atoms with van der Waals surface area (Å²) in [6, 6.07) is 2.35. The van der Waals surface area contributed by atoms with Crippen LogP contribution in [0, 0.1) is 6.92 Å². The summed E-state index contributed by atoms with van der Waals surface area (Å²) in [4.78, 5) is 15.0. The van der Waals surface area contributed by atoms with Crippen LogP contribution >= 0.6 is 11.3 Å². The van der Waals surface area contributed by atoms with Crippen molar-refractivity contribution in [2.75, 3.05) is 20.1 Å². The molecular formula is C12H18N2OS. The second kappa shape index (κ2) is 4.97. The van der Waals surface area contributed by atoms with Gasteiger partial charge in [-0.1, -0.05) is 0 Å². The molecule has 1 fully saturated rings. The summed E-state index contributed by atoms with van der Waals surface area (Å²) < 4.78 is 0. The van der Waals surface area contributed by atoms with Crippen LogP contribution in [0.1, 0.15) is 28.1 Å². The van der Waals surface area contributed by atoms with Crippen molar-refractivity contribution in [2.24, 2.45) is 0 Å². The number of carbonyl (C=O) groups excluding carboxylic acids is 1. The van der Waals surface area contributed by atoms with Gasteiger partial charge in [-0.15, -0.1) is 11.3 Å². The van der Waals surface area contributed by atoms with Gasteiger partial charge in [0.25, 0.3) is 5.91 Å². The average molecular weight is 238 g/mol. The summed E-state index contributed by atoms with van der Waals surface area (Å²) in [6.07, 6.45) is 2.27. The molecule has 1 N–H and O–H groups in total. The number of aryl methyl sites for hydroxylation is 1. The predicted molar refractivity (Wildman–Crippen MR) is 67.0 cm³/mol. The molecule has 3 nitrogen and oxygen atoms in total. The maximum absolute atomic E-state index is 12.2. The van der Waals surface area contributed by atoms with Gasteiger partial charge in [0.2, 0.25) is 0 Å². The van der Waals surface area contributed by atoms with Crippen LogP contribution in [-0.2, 0) is 0 Å². The van der Waals surface area contributed by atoms with Gasteiger partial charge in [-0.25, -0.2) is 0 Å². The number of hydrogen-bond acceptors (Lipinski definition) is 3. The van der Waals surface area contributed by atoms with Crippen LogP contribution in [0.2, 0.25) is 0 Å². The van der Waals surface area contributed by atoms with Crippen molar-refractivity contribution in [1.29, 1.82) is 0 Å². The van der Waals surface area contributed by atoms with Gasteiger partial charge in [0, 0.05) is 19.6 Å². The first-order chi connectivity index (χ1) is 7.70. The number of likely N-dealkylation sites (N-methyl/N-ethyl adjacent to an activating group) is 1. The molecule has 0 spiro atoms. The van der Waals surface area contributed by atoms with E-state index in [1.807, 2.05) is 30.3 Å². The fourth-order valence-corrected chi connectivity index (χ4v) is 2.99. The first kappa shape index (κ1) is 11.6. The van der Waals surface area contributed by atoms with Crippen molar-refractivity contribution in [2.45, 2.75) is 25.8 Å². The van der Waals surface area contributed by atoms with Gasteiger partial charge in [0.1, 0.15) is 0 Å². The largest absolute Gasteiger partial charge is 0.337 e. The molecule has 0 radical (unpaired) electrons. The van der Waals surface area contributed by atoms with Crippen LogP contribution in [0.25, 0.3) is 0 Å².